The zero-order valence-corrected chi connectivity index (χ0v) is 12.6. The van der Waals surface area contributed by atoms with Gasteiger partial charge < -0.3 is 19.1 Å². The summed E-state index contributed by atoms with van der Waals surface area (Å²) in [5.41, 5.74) is 2.36. The molecule has 0 aliphatic carbocycles. The molecule has 114 valence electrons. The largest absolute Gasteiger partial charge is 0.481 e. The molecule has 2 aromatic heterocycles. The predicted molar refractivity (Wildman–Crippen MR) is 81.3 cm³/mol. The van der Waals surface area contributed by atoms with E-state index in [1.54, 1.807) is 31.6 Å². The smallest absolute Gasteiger partial charge is 0.356 e. The lowest BCUT2D eigenvalue weighted by Crippen LogP contribution is -2.05. The molecule has 8 heteroatoms. The van der Waals surface area contributed by atoms with Crippen LogP contribution in [0.15, 0.2) is 42.7 Å². The van der Waals surface area contributed by atoms with E-state index < -0.39 is 7.60 Å². The average Bonchev–Trinajstić information content (AvgIpc) is 2.89. The summed E-state index contributed by atoms with van der Waals surface area (Å²) in [6.45, 7) is 0.534. The molecule has 22 heavy (non-hydrogen) atoms. The lowest BCUT2D eigenvalue weighted by molar-refractivity contribution is 0.387. The third kappa shape index (κ3) is 2.87. The number of benzene rings is 1. The van der Waals surface area contributed by atoms with Crippen LogP contribution in [-0.2, 0) is 11.1 Å². The predicted octanol–water partition coefficient (Wildman–Crippen LogP) is 1.29. The fourth-order valence-corrected chi connectivity index (χ4v) is 2.70. The van der Waals surface area contributed by atoms with E-state index in [0.29, 0.717) is 18.1 Å². The van der Waals surface area contributed by atoms with Crippen molar-refractivity contribution in [3.8, 4) is 5.88 Å². The number of pyridine rings is 1. The number of hydrogen-bond acceptors (Lipinski definition) is 4. The lowest BCUT2D eigenvalue weighted by atomic mass is 10.2. The third-order valence-electron chi connectivity index (χ3n) is 3.29. The maximum atomic E-state index is 11.2. The van der Waals surface area contributed by atoms with Crippen molar-refractivity contribution in [3.05, 3.63) is 48.3 Å². The molecule has 0 radical (unpaired) electrons. The summed E-state index contributed by atoms with van der Waals surface area (Å²) in [5.74, 6) is 0.503. The number of nitrogens with zero attached hydrogens (tertiary/aromatic N) is 3. The number of hydrogen-bond donors (Lipinski definition) is 2. The molecule has 0 aliphatic heterocycles. The first-order chi connectivity index (χ1) is 10.5. The summed E-state index contributed by atoms with van der Waals surface area (Å²) in [6.07, 6.45) is 1.67. The molecule has 3 aromatic rings. The number of rotatable bonds is 4. The van der Waals surface area contributed by atoms with Crippen LogP contribution in [0.25, 0.3) is 11.2 Å². The van der Waals surface area contributed by atoms with Crippen molar-refractivity contribution in [1.29, 1.82) is 0 Å². The molecule has 7 nitrogen and oxygen atoms in total. The molecule has 0 saturated heterocycles. The van der Waals surface area contributed by atoms with E-state index in [-0.39, 0.29) is 5.30 Å². The van der Waals surface area contributed by atoms with Crippen molar-refractivity contribution in [2.45, 2.75) is 6.54 Å². The highest BCUT2D eigenvalue weighted by atomic mass is 31.2. The summed E-state index contributed by atoms with van der Waals surface area (Å²) >= 11 is 0. The molecule has 0 bridgehead atoms. The Morgan fingerprint density at radius 2 is 1.91 bits per heavy atom. The minimum atomic E-state index is -4.20. The molecule has 0 spiro atoms. The monoisotopic (exact) mass is 319 g/mol. The number of fused-ring (bicyclic) bond motifs is 1. The van der Waals surface area contributed by atoms with E-state index in [1.807, 2.05) is 10.6 Å². The van der Waals surface area contributed by atoms with Crippen molar-refractivity contribution in [1.82, 2.24) is 14.5 Å². The van der Waals surface area contributed by atoms with E-state index in [2.05, 4.69) is 9.97 Å². The van der Waals surface area contributed by atoms with Crippen molar-refractivity contribution in [3.63, 3.8) is 0 Å². The second kappa shape index (κ2) is 5.53. The van der Waals surface area contributed by atoms with E-state index >= 15 is 0 Å². The molecule has 2 heterocycles. The normalized spacial score (nSPS) is 11.8. The first-order valence-electron chi connectivity index (χ1n) is 6.48. The molecule has 0 saturated carbocycles. The SMILES string of the molecule is COc1ccc2c(ncn2Cc2ccc(P(=O)(O)O)cc2)n1. The van der Waals surface area contributed by atoms with Gasteiger partial charge in [-0.3, -0.25) is 4.57 Å². The van der Waals surface area contributed by atoms with Gasteiger partial charge in [0.05, 0.1) is 24.3 Å². The minimum absolute atomic E-state index is 0.0122. The van der Waals surface area contributed by atoms with Crippen LogP contribution in [0.4, 0.5) is 0 Å². The molecule has 1 aromatic carbocycles. The molecular formula is C14H14N3O4P. The van der Waals surface area contributed by atoms with E-state index in [9.17, 15) is 4.57 Å². The van der Waals surface area contributed by atoms with Gasteiger partial charge in [-0.05, 0) is 23.8 Å². The second-order valence-electron chi connectivity index (χ2n) is 4.78. The van der Waals surface area contributed by atoms with Crippen molar-refractivity contribution < 1.29 is 19.1 Å². The third-order valence-corrected chi connectivity index (χ3v) is 4.26. The Bertz CT molecular complexity index is 854. The summed E-state index contributed by atoms with van der Waals surface area (Å²) in [6, 6.07) is 9.90. The van der Waals surface area contributed by atoms with E-state index in [0.717, 1.165) is 11.1 Å². The van der Waals surface area contributed by atoms with E-state index in [4.69, 9.17) is 14.5 Å². The molecular weight excluding hydrogens is 305 g/mol. The lowest BCUT2D eigenvalue weighted by Gasteiger charge is -2.07. The molecule has 0 amide bonds. The van der Waals surface area contributed by atoms with Crippen LogP contribution in [0.2, 0.25) is 0 Å². The molecule has 0 fully saturated rings. The number of aromatic nitrogens is 3. The standard InChI is InChI=1S/C14H14N3O4P/c1-21-13-7-6-12-14(16-13)15-9-17(12)8-10-2-4-11(5-3-10)22(18,19)20/h2-7,9H,8H2,1H3,(H2,18,19,20). The Labute approximate surface area is 126 Å². The van der Waals surface area contributed by atoms with Crippen LogP contribution in [0.1, 0.15) is 5.56 Å². The first-order valence-corrected chi connectivity index (χ1v) is 8.09. The van der Waals surface area contributed by atoms with Gasteiger partial charge in [0.2, 0.25) is 5.88 Å². The van der Waals surface area contributed by atoms with Crippen LogP contribution < -0.4 is 10.0 Å². The summed E-state index contributed by atoms with van der Waals surface area (Å²) in [7, 11) is -2.65. The molecule has 3 rings (SSSR count). The molecule has 0 aliphatic rings. The van der Waals surface area contributed by atoms with Gasteiger partial charge in [-0.15, -0.1) is 0 Å². The Hall–Kier alpha value is -2.21. The van der Waals surface area contributed by atoms with Gasteiger partial charge in [0.1, 0.15) is 0 Å². The molecule has 0 unspecified atom stereocenters. The Kier molecular flexibility index (Phi) is 3.70. The van der Waals surface area contributed by atoms with Crippen LogP contribution in [0.5, 0.6) is 5.88 Å². The number of methoxy groups -OCH3 is 1. The van der Waals surface area contributed by atoms with Gasteiger partial charge in [0.25, 0.3) is 0 Å². The first kappa shape index (κ1) is 14.7. The van der Waals surface area contributed by atoms with Crippen LogP contribution >= 0.6 is 7.60 Å². The molecule has 0 atom stereocenters. The van der Waals surface area contributed by atoms with Gasteiger partial charge in [-0.25, -0.2) is 4.98 Å². The van der Waals surface area contributed by atoms with Gasteiger partial charge in [0.15, 0.2) is 5.65 Å². The number of ether oxygens (including phenoxy) is 1. The van der Waals surface area contributed by atoms with Crippen molar-refractivity contribution in [2.24, 2.45) is 0 Å². The fourth-order valence-electron chi connectivity index (χ4n) is 2.16. The van der Waals surface area contributed by atoms with Crippen LogP contribution in [0, 0.1) is 0 Å². The van der Waals surface area contributed by atoms with Gasteiger partial charge in [-0.1, -0.05) is 12.1 Å². The summed E-state index contributed by atoms with van der Waals surface area (Å²) < 4.78 is 18.1. The van der Waals surface area contributed by atoms with E-state index in [1.165, 1.54) is 12.1 Å². The fraction of sp³-hybridized carbons (Fsp3) is 0.143. The van der Waals surface area contributed by atoms with Crippen molar-refractivity contribution in [2.75, 3.05) is 7.11 Å². The Morgan fingerprint density at radius 3 is 2.55 bits per heavy atom. The number of imidazole rings is 1. The maximum Gasteiger partial charge on any atom is 0.356 e. The summed E-state index contributed by atoms with van der Waals surface area (Å²) in [5, 5.41) is 0.0122. The highest BCUT2D eigenvalue weighted by molar-refractivity contribution is 7.60. The Morgan fingerprint density at radius 1 is 1.18 bits per heavy atom. The zero-order valence-electron chi connectivity index (χ0n) is 11.7. The zero-order chi connectivity index (χ0) is 15.7. The minimum Gasteiger partial charge on any atom is -0.481 e. The highest BCUT2D eigenvalue weighted by Gasteiger charge is 2.16. The van der Waals surface area contributed by atoms with Gasteiger partial charge in [-0.2, -0.15) is 4.98 Å². The van der Waals surface area contributed by atoms with Crippen molar-refractivity contribution >= 4 is 24.1 Å². The molecule has 2 N–H and O–H groups in total. The van der Waals surface area contributed by atoms with Crippen LogP contribution in [-0.4, -0.2) is 31.4 Å². The average molecular weight is 319 g/mol. The maximum absolute atomic E-state index is 11.2. The van der Waals surface area contributed by atoms with Crippen LogP contribution in [0.3, 0.4) is 0 Å². The van der Waals surface area contributed by atoms with Gasteiger partial charge in [0, 0.05) is 12.6 Å². The Balaban J connectivity index is 1.88. The topological polar surface area (TPSA) is 97.5 Å². The van der Waals surface area contributed by atoms with Gasteiger partial charge >= 0.3 is 7.60 Å². The second-order valence-corrected chi connectivity index (χ2v) is 6.38. The highest BCUT2D eigenvalue weighted by Crippen LogP contribution is 2.32. The summed E-state index contributed by atoms with van der Waals surface area (Å²) in [4.78, 5) is 26.7. The quantitative estimate of drug-likeness (QED) is 0.703.